The number of amides is 1. The van der Waals surface area contributed by atoms with E-state index in [2.05, 4.69) is 0 Å². The number of carbonyl (C=O) groups is 1. The van der Waals surface area contributed by atoms with E-state index >= 15 is 0 Å². The van der Waals surface area contributed by atoms with Gasteiger partial charge in [-0.1, -0.05) is 18.2 Å². The zero-order chi connectivity index (χ0) is 12.3. The molecule has 1 amide bonds. The van der Waals surface area contributed by atoms with Gasteiger partial charge in [0, 0.05) is 19.2 Å². The zero-order valence-corrected chi connectivity index (χ0v) is 9.93. The molecule has 0 aliphatic carbocycles. The van der Waals surface area contributed by atoms with Crippen molar-refractivity contribution in [2.75, 3.05) is 25.2 Å². The van der Waals surface area contributed by atoms with Gasteiger partial charge in [0.25, 0.3) is 0 Å². The summed E-state index contributed by atoms with van der Waals surface area (Å²) in [5.74, 6) is 0.0684. The van der Waals surface area contributed by atoms with Crippen LogP contribution in [0.5, 0.6) is 0 Å². The highest BCUT2D eigenvalue weighted by Crippen LogP contribution is 2.27. The van der Waals surface area contributed by atoms with E-state index < -0.39 is 6.10 Å². The van der Waals surface area contributed by atoms with Crippen LogP contribution in [0, 0.1) is 0 Å². The van der Waals surface area contributed by atoms with Crippen molar-refractivity contribution < 1.29 is 14.6 Å². The molecule has 4 nitrogen and oxygen atoms in total. The molecule has 0 fully saturated rings. The van der Waals surface area contributed by atoms with E-state index in [1.54, 1.807) is 4.90 Å². The van der Waals surface area contributed by atoms with Crippen LogP contribution in [0.2, 0.25) is 0 Å². The van der Waals surface area contributed by atoms with Crippen LogP contribution in [-0.4, -0.2) is 37.4 Å². The Labute approximate surface area is 101 Å². The molecule has 17 heavy (non-hydrogen) atoms. The van der Waals surface area contributed by atoms with E-state index in [9.17, 15) is 9.90 Å². The van der Waals surface area contributed by atoms with Crippen LogP contribution in [0.4, 0.5) is 5.69 Å². The number of rotatable bonds is 4. The summed E-state index contributed by atoms with van der Waals surface area (Å²) >= 11 is 0. The van der Waals surface area contributed by atoms with Crippen molar-refractivity contribution in [2.24, 2.45) is 0 Å². The number of benzene rings is 1. The van der Waals surface area contributed by atoms with E-state index in [1.807, 2.05) is 24.3 Å². The quantitative estimate of drug-likeness (QED) is 0.846. The van der Waals surface area contributed by atoms with Gasteiger partial charge >= 0.3 is 0 Å². The smallest absolute Gasteiger partial charge is 0.227 e. The van der Waals surface area contributed by atoms with Crippen LogP contribution in [0.3, 0.4) is 0 Å². The summed E-state index contributed by atoms with van der Waals surface area (Å²) in [4.78, 5) is 13.5. The molecule has 1 atom stereocenters. The normalized spacial score (nSPS) is 16.8. The van der Waals surface area contributed by atoms with Crippen molar-refractivity contribution in [3.63, 3.8) is 0 Å². The lowest BCUT2D eigenvalue weighted by Crippen LogP contribution is -2.41. The largest absolute Gasteiger partial charge is 0.389 e. The molecule has 1 aliphatic rings. The number of aryl methyl sites for hydroxylation is 1. The number of carbonyl (C=O) groups excluding carboxylic acids is 1. The second kappa shape index (κ2) is 5.29. The van der Waals surface area contributed by atoms with Gasteiger partial charge in [-0.2, -0.15) is 0 Å². The van der Waals surface area contributed by atoms with Crippen molar-refractivity contribution in [3.8, 4) is 0 Å². The summed E-state index contributed by atoms with van der Waals surface area (Å²) in [5, 5.41) is 9.73. The average molecular weight is 235 g/mol. The van der Waals surface area contributed by atoms with Gasteiger partial charge in [0.2, 0.25) is 5.91 Å². The highest BCUT2D eigenvalue weighted by atomic mass is 16.5. The van der Waals surface area contributed by atoms with Gasteiger partial charge in [-0.3, -0.25) is 4.79 Å². The number of methoxy groups -OCH3 is 1. The highest BCUT2D eigenvalue weighted by molar-refractivity contribution is 5.96. The minimum Gasteiger partial charge on any atom is -0.389 e. The predicted molar refractivity (Wildman–Crippen MR) is 65.0 cm³/mol. The van der Waals surface area contributed by atoms with E-state index in [0.717, 1.165) is 17.7 Å². The van der Waals surface area contributed by atoms with Gasteiger partial charge < -0.3 is 14.7 Å². The Hall–Kier alpha value is -1.39. The lowest BCUT2D eigenvalue weighted by molar-refractivity contribution is -0.119. The molecular formula is C13H17NO3. The maximum Gasteiger partial charge on any atom is 0.227 e. The van der Waals surface area contributed by atoms with E-state index in [4.69, 9.17) is 4.74 Å². The summed E-state index contributed by atoms with van der Waals surface area (Å²) in [6.45, 7) is 0.537. The summed E-state index contributed by atoms with van der Waals surface area (Å²) < 4.78 is 4.88. The van der Waals surface area contributed by atoms with Crippen LogP contribution in [-0.2, 0) is 16.0 Å². The predicted octanol–water partition coefficient (Wildman–Crippen LogP) is 0.973. The molecule has 1 aromatic carbocycles. The topological polar surface area (TPSA) is 49.8 Å². The molecule has 2 rings (SSSR count). The molecule has 0 aromatic heterocycles. The van der Waals surface area contributed by atoms with Crippen molar-refractivity contribution in [3.05, 3.63) is 29.8 Å². The standard InChI is InChI=1S/C13H17NO3/c1-17-9-11(15)8-14-12-5-3-2-4-10(12)6-7-13(14)16/h2-5,11,15H,6-9H2,1H3. The zero-order valence-electron chi connectivity index (χ0n) is 9.93. The Morgan fingerprint density at radius 1 is 1.41 bits per heavy atom. The summed E-state index contributed by atoms with van der Waals surface area (Å²) in [6.07, 6.45) is 0.651. The number of β-amino-alcohol motifs (C(OH)–C–C–N with tert-alkyl or cyclic N) is 1. The van der Waals surface area contributed by atoms with Gasteiger partial charge in [0.1, 0.15) is 0 Å². The summed E-state index contributed by atoms with van der Waals surface area (Å²) in [7, 11) is 1.54. The van der Waals surface area contributed by atoms with Crippen molar-refractivity contribution in [2.45, 2.75) is 18.9 Å². The van der Waals surface area contributed by atoms with Gasteiger partial charge in [0.05, 0.1) is 19.3 Å². The number of aliphatic hydroxyl groups is 1. The Morgan fingerprint density at radius 2 is 2.18 bits per heavy atom. The monoisotopic (exact) mass is 235 g/mol. The van der Waals surface area contributed by atoms with Crippen LogP contribution in [0.25, 0.3) is 0 Å². The molecule has 0 spiro atoms. The minimum atomic E-state index is -0.643. The number of hydrogen-bond donors (Lipinski definition) is 1. The molecule has 1 unspecified atom stereocenters. The molecule has 0 saturated carbocycles. The molecule has 1 heterocycles. The number of anilines is 1. The van der Waals surface area contributed by atoms with Gasteiger partial charge in [-0.05, 0) is 18.1 Å². The fraction of sp³-hybridized carbons (Fsp3) is 0.462. The third kappa shape index (κ3) is 2.65. The Kier molecular flexibility index (Phi) is 3.76. The molecule has 0 radical (unpaired) electrons. The number of fused-ring (bicyclic) bond motifs is 1. The number of para-hydroxylation sites is 1. The van der Waals surface area contributed by atoms with Gasteiger partial charge in [-0.15, -0.1) is 0 Å². The first-order valence-electron chi connectivity index (χ1n) is 5.77. The lowest BCUT2D eigenvalue weighted by atomic mass is 10.0. The van der Waals surface area contributed by atoms with E-state index in [0.29, 0.717) is 13.0 Å². The molecule has 0 saturated heterocycles. The highest BCUT2D eigenvalue weighted by Gasteiger charge is 2.25. The Morgan fingerprint density at radius 3 is 2.94 bits per heavy atom. The Bertz CT molecular complexity index is 405. The fourth-order valence-corrected chi connectivity index (χ4v) is 2.15. The first-order valence-corrected chi connectivity index (χ1v) is 5.77. The van der Waals surface area contributed by atoms with E-state index in [-0.39, 0.29) is 12.5 Å². The minimum absolute atomic E-state index is 0.0684. The molecule has 92 valence electrons. The van der Waals surface area contributed by atoms with Crippen LogP contribution >= 0.6 is 0 Å². The lowest BCUT2D eigenvalue weighted by Gasteiger charge is -2.30. The first kappa shape index (κ1) is 12.1. The maximum atomic E-state index is 11.9. The second-order valence-corrected chi connectivity index (χ2v) is 4.24. The molecule has 4 heteroatoms. The van der Waals surface area contributed by atoms with Crippen molar-refractivity contribution >= 4 is 11.6 Å². The van der Waals surface area contributed by atoms with Crippen molar-refractivity contribution in [1.82, 2.24) is 0 Å². The maximum absolute atomic E-state index is 11.9. The third-order valence-corrected chi connectivity index (χ3v) is 2.94. The average Bonchev–Trinajstić information content (AvgIpc) is 2.33. The third-order valence-electron chi connectivity index (χ3n) is 2.94. The molecular weight excluding hydrogens is 218 g/mol. The van der Waals surface area contributed by atoms with Gasteiger partial charge in [-0.25, -0.2) is 0 Å². The fourth-order valence-electron chi connectivity index (χ4n) is 2.15. The SMILES string of the molecule is COCC(O)CN1C(=O)CCc2ccccc21. The number of hydrogen-bond acceptors (Lipinski definition) is 3. The van der Waals surface area contributed by atoms with Crippen LogP contribution < -0.4 is 4.90 Å². The Balaban J connectivity index is 2.18. The first-order chi connectivity index (χ1) is 8.22. The second-order valence-electron chi connectivity index (χ2n) is 4.24. The summed E-state index contributed by atoms with van der Waals surface area (Å²) in [6, 6.07) is 7.83. The molecule has 0 bridgehead atoms. The van der Waals surface area contributed by atoms with Crippen LogP contribution in [0.1, 0.15) is 12.0 Å². The van der Waals surface area contributed by atoms with Crippen LogP contribution in [0.15, 0.2) is 24.3 Å². The summed E-state index contributed by atoms with van der Waals surface area (Å²) in [5.41, 5.74) is 2.08. The van der Waals surface area contributed by atoms with Gasteiger partial charge in [0.15, 0.2) is 0 Å². The number of ether oxygens (including phenoxy) is 1. The van der Waals surface area contributed by atoms with Crippen molar-refractivity contribution in [1.29, 1.82) is 0 Å². The number of aliphatic hydroxyl groups excluding tert-OH is 1. The molecule has 1 aliphatic heterocycles. The molecule has 1 aromatic rings. The molecule has 1 N–H and O–H groups in total. The number of nitrogens with zero attached hydrogens (tertiary/aromatic N) is 1. The van der Waals surface area contributed by atoms with E-state index in [1.165, 1.54) is 7.11 Å².